The molecule has 0 aromatic carbocycles. The van der Waals surface area contributed by atoms with Crippen LogP contribution >= 0.6 is 0 Å². The second kappa shape index (κ2) is 8.77. The fourth-order valence-corrected chi connectivity index (χ4v) is 1.26. The summed E-state index contributed by atoms with van der Waals surface area (Å²) in [6, 6.07) is -1.47. The van der Waals surface area contributed by atoms with Gasteiger partial charge in [-0.3, -0.25) is 0 Å². The van der Waals surface area contributed by atoms with Gasteiger partial charge >= 0.3 is 12.0 Å². The van der Waals surface area contributed by atoms with Crippen LogP contribution in [0.3, 0.4) is 0 Å². The van der Waals surface area contributed by atoms with Crippen molar-refractivity contribution >= 4 is 12.0 Å². The van der Waals surface area contributed by atoms with Crippen LogP contribution in [0.5, 0.6) is 0 Å². The molecule has 0 saturated heterocycles. The molecule has 0 aliphatic rings. The molecule has 100 valence electrons. The zero-order valence-electron chi connectivity index (χ0n) is 10.2. The highest BCUT2D eigenvalue weighted by atomic mass is 16.5. The van der Waals surface area contributed by atoms with Crippen molar-refractivity contribution in [2.24, 2.45) is 0 Å². The van der Waals surface area contributed by atoms with Gasteiger partial charge in [0.1, 0.15) is 6.04 Å². The minimum atomic E-state index is -1.10. The van der Waals surface area contributed by atoms with Crippen molar-refractivity contribution < 1.29 is 24.5 Å². The van der Waals surface area contributed by atoms with Crippen LogP contribution in [0.1, 0.15) is 13.3 Å². The van der Waals surface area contributed by atoms with Gasteiger partial charge in [-0.2, -0.15) is 0 Å². The molecule has 0 fully saturated rings. The van der Waals surface area contributed by atoms with E-state index in [1.54, 1.807) is 6.92 Å². The fraction of sp³-hybridized carbons (Fsp3) is 0.800. The van der Waals surface area contributed by atoms with Gasteiger partial charge < -0.3 is 25.2 Å². The van der Waals surface area contributed by atoms with Gasteiger partial charge in [0.2, 0.25) is 0 Å². The number of aliphatic hydroxyl groups is 1. The molecule has 0 bridgehead atoms. The number of nitrogens with zero attached hydrogens (tertiary/aromatic N) is 1. The summed E-state index contributed by atoms with van der Waals surface area (Å²) in [5, 5.41) is 20.0. The number of carboxylic acid groups (broad SMARTS) is 1. The van der Waals surface area contributed by atoms with Crippen LogP contribution < -0.4 is 5.32 Å². The number of aliphatic hydroxyl groups excluding tert-OH is 1. The van der Waals surface area contributed by atoms with Crippen LogP contribution in [0, 0.1) is 0 Å². The van der Waals surface area contributed by atoms with E-state index in [-0.39, 0.29) is 26.2 Å². The van der Waals surface area contributed by atoms with Crippen molar-refractivity contribution in [3.8, 4) is 0 Å². The molecule has 0 radical (unpaired) electrons. The molecular weight excluding hydrogens is 228 g/mol. The zero-order valence-corrected chi connectivity index (χ0v) is 10.2. The lowest BCUT2D eigenvalue weighted by Gasteiger charge is -2.23. The first-order chi connectivity index (χ1) is 8.06. The van der Waals surface area contributed by atoms with Crippen molar-refractivity contribution in [3.05, 3.63) is 0 Å². The predicted octanol–water partition coefficient (Wildman–Crippen LogP) is -0.500. The van der Waals surface area contributed by atoms with E-state index >= 15 is 0 Å². The normalized spacial score (nSPS) is 11.9. The Morgan fingerprint density at radius 2 is 2.12 bits per heavy atom. The van der Waals surface area contributed by atoms with Gasteiger partial charge in [-0.25, -0.2) is 9.59 Å². The van der Waals surface area contributed by atoms with E-state index in [0.717, 1.165) is 0 Å². The maximum atomic E-state index is 11.6. The Balaban J connectivity index is 4.32. The van der Waals surface area contributed by atoms with Crippen LogP contribution in [0.2, 0.25) is 0 Å². The predicted molar refractivity (Wildman–Crippen MR) is 60.8 cm³/mol. The third kappa shape index (κ3) is 6.08. The average molecular weight is 248 g/mol. The number of hydrogen-bond donors (Lipinski definition) is 3. The molecule has 2 amide bonds. The molecule has 0 rings (SSSR count). The molecule has 0 aromatic heterocycles. The molecule has 17 heavy (non-hydrogen) atoms. The van der Waals surface area contributed by atoms with Crippen molar-refractivity contribution in [2.75, 3.05) is 33.4 Å². The lowest BCUT2D eigenvalue weighted by Crippen LogP contribution is -2.49. The summed E-state index contributed by atoms with van der Waals surface area (Å²) in [6.07, 6.45) is 0.203. The Morgan fingerprint density at radius 1 is 1.47 bits per heavy atom. The largest absolute Gasteiger partial charge is 0.480 e. The summed E-state index contributed by atoms with van der Waals surface area (Å²) < 4.78 is 4.77. The molecule has 1 atom stereocenters. The van der Waals surface area contributed by atoms with E-state index in [0.29, 0.717) is 6.54 Å². The van der Waals surface area contributed by atoms with E-state index in [9.17, 15) is 9.59 Å². The second-order valence-corrected chi connectivity index (χ2v) is 3.43. The molecule has 7 nitrogen and oxygen atoms in total. The number of hydrogen-bond acceptors (Lipinski definition) is 4. The smallest absolute Gasteiger partial charge is 0.326 e. The minimum absolute atomic E-state index is 0.156. The average Bonchev–Trinajstić information content (AvgIpc) is 2.30. The van der Waals surface area contributed by atoms with E-state index in [1.165, 1.54) is 12.0 Å². The number of methoxy groups -OCH3 is 1. The number of urea groups is 1. The molecule has 7 heteroatoms. The number of carbonyl (C=O) groups is 2. The van der Waals surface area contributed by atoms with Gasteiger partial charge in [0.25, 0.3) is 0 Å². The van der Waals surface area contributed by atoms with E-state index in [2.05, 4.69) is 5.32 Å². The number of carbonyl (C=O) groups excluding carboxylic acids is 1. The Morgan fingerprint density at radius 3 is 2.53 bits per heavy atom. The summed E-state index contributed by atoms with van der Waals surface area (Å²) >= 11 is 0. The van der Waals surface area contributed by atoms with Gasteiger partial charge in [0.05, 0.1) is 6.61 Å². The van der Waals surface area contributed by atoms with Crippen LogP contribution in [0.25, 0.3) is 0 Å². The van der Waals surface area contributed by atoms with Crippen LogP contribution in [-0.4, -0.2) is 66.6 Å². The van der Waals surface area contributed by atoms with Crippen molar-refractivity contribution in [1.29, 1.82) is 0 Å². The third-order valence-electron chi connectivity index (χ3n) is 2.25. The van der Waals surface area contributed by atoms with Crippen LogP contribution in [0.4, 0.5) is 4.79 Å². The molecule has 1 unspecified atom stereocenters. The Bertz CT molecular complexity index is 247. The Kier molecular flexibility index (Phi) is 8.08. The second-order valence-electron chi connectivity index (χ2n) is 3.43. The number of ether oxygens (including phenoxy) is 1. The number of likely N-dealkylation sites (N-methyl/N-ethyl adjacent to an activating group) is 1. The fourth-order valence-electron chi connectivity index (χ4n) is 1.26. The minimum Gasteiger partial charge on any atom is -0.480 e. The summed E-state index contributed by atoms with van der Waals surface area (Å²) in [6.45, 7) is 2.43. The molecule has 0 aromatic rings. The van der Waals surface area contributed by atoms with Gasteiger partial charge in [-0.15, -0.1) is 0 Å². The van der Waals surface area contributed by atoms with Crippen LogP contribution in [-0.2, 0) is 9.53 Å². The molecular formula is C10H20N2O5. The van der Waals surface area contributed by atoms with Crippen LogP contribution in [0.15, 0.2) is 0 Å². The standard InChI is InChI=1S/C10H20N2O5/c1-3-12(5-6-13)10(16)11-8(9(14)15)4-7-17-2/h8,13H,3-7H2,1-2H3,(H,11,16)(H,14,15). The summed E-state index contributed by atoms with van der Waals surface area (Å²) in [7, 11) is 1.46. The number of amides is 2. The molecule has 0 saturated carbocycles. The third-order valence-corrected chi connectivity index (χ3v) is 2.25. The van der Waals surface area contributed by atoms with E-state index < -0.39 is 18.0 Å². The first-order valence-electron chi connectivity index (χ1n) is 5.44. The van der Waals surface area contributed by atoms with E-state index in [4.69, 9.17) is 14.9 Å². The summed E-state index contributed by atoms with van der Waals surface area (Å²) in [4.78, 5) is 23.8. The number of rotatable bonds is 8. The Labute approximate surface area is 100 Å². The molecule has 0 aliphatic carbocycles. The highest BCUT2D eigenvalue weighted by Gasteiger charge is 2.21. The molecule has 0 spiro atoms. The lowest BCUT2D eigenvalue weighted by molar-refractivity contribution is -0.139. The highest BCUT2D eigenvalue weighted by molar-refractivity contribution is 5.82. The summed E-state index contributed by atoms with van der Waals surface area (Å²) in [5.41, 5.74) is 0. The molecule has 3 N–H and O–H groups in total. The van der Waals surface area contributed by atoms with Crippen molar-refractivity contribution in [2.45, 2.75) is 19.4 Å². The maximum absolute atomic E-state index is 11.6. The van der Waals surface area contributed by atoms with Gasteiger partial charge in [0.15, 0.2) is 0 Å². The first-order valence-corrected chi connectivity index (χ1v) is 5.44. The lowest BCUT2D eigenvalue weighted by atomic mass is 10.2. The van der Waals surface area contributed by atoms with E-state index in [1.807, 2.05) is 0 Å². The first kappa shape index (κ1) is 15.7. The number of nitrogens with one attached hydrogen (secondary N) is 1. The maximum Gasteiger partial charge on any atom is 0.326 e. The Hall–Kier alpha value is -1.34. The van der Waals surface area contributed by atoms with Crippen molar-refractivity contribution in [3.63, 3.8) is 0 Å². The topological polar surface area (TPSA) is 99.1 Å². The van der Waals surface area contributed by atoms with Gasteiger partial charge in [-0.05, 0) is 6.92 Å². The number of aliphatic carboxylic acids is 1. The molecule has 0 heterocycles. The number of carboxylic acids is 1. The van der Waals surface area contributed by atoms with Gasteiger partial charge in [-0.1, -0.05) is 0 Å². The SMILES string of the molecule is CCN(CCO)C(=O)NC(CCOC)C(=O)O. The summed E-state index contributed by atoms with van der Waals surface area (Å²) in [5.74, 6) is -1.10. The molecule has 0 aliphatic heterocycles. The highest BCUT2D eigenvalue weighted by Crippen LogP contribution is 1.96. The monoisotopic (exact) mass is 248 g/mol. The zero-order chi connectivity index (χ0) is 13.3. The van der Waals surface area contributed by atoms with Gasteiger partial charge in [0, 0.05) is 33.2 Å². The van der Waals surface area contributed by atoms with Crippen molar-refractivity contribution in [1.82, 2.24) is 10.2 Å². The quantitative estimate of drug-likeness (QED) is 0.538.